The molecule has 3 rings (SSSR count). The average Bonchev–Trinajstić information content (AvgIpc) is 3.22. The summed E-state index contributed by atoms with van der Waals surface area (Å²) in [6.45, 7) is 6.63. The number of nitrogens with zero attached hydrogens (tertiary/aromatic N) is 3. The second kappa shape index (κ2) is 7.04. The molecule has 2 heterocycles. The van der Waals surface area contributed by atoms with Gasteiger partial charge in [-0.25, -0.2) is 4.39 Å². The molecule has 2 atom stereocenters. The molecular formula is C18H21FN4O2. The van der Waals surface area contributed by atoms with Crippen molar-refractivity contribution < 1.29 is 14.0 Å². The van der Waals surface area contributed by atoms with E-state index >= 15 is 0 Å². The summed E-state index contributed by atoms with van der Waals surface area (Å²) in [5.74, 6) is -0.536. The lowest BCUT2D eigenvalue weighted by molar-refractivity contribution is -0.131. The Bertz CT molecular complexity index is 798. The fourth-order valence-corrected chi connectivity index (χ4v) is 2.84. The van der Waals surface area contributed by atoms with Crippen LogP contribution in [0.15, 0.2) is 35.6 Å². The Balaban J connectivity index is 1.61. The number of halogens is 1. The van der Waals surface area contributed by atoms with E-state index in [0.29, 0.717) is 12.1 Å². The van der Waals surface area contributed by atoms with E-state index in [1.54, 1.807) is 12.1 Å². The van der Waals surface area contributed by atoms with Gasteiger partial charge in [-0.05, 0) is 38.5 Å². The highest BCUT2D eigenvalue weighted by atomic mass is 19.1. The molecule has 1 amide bonds. The van der Waals surface area contributed by atoms with Crippen molar-refractivity contribution >= 4 is 11.6 Å². The van der Waals surface area contributed by atoms with Crippen LogP contribution < -0.4 is 5.32 Å². The second-order valence-electron chi connectivity index (χ2n) is 6.10. The van der Waals surface area contributed by atoms with Crippen LogP contribution in [0.5, 0.6) is 0 Å². The van der Waals surface area contributed by atoms with Gasteiger partial charge in [-0.15, -0.1) is 0 Å². The minimum Gasteiger partial charge on any atom is -0.382 e. The van der Waals surface area contributed by atoms with E-state index < -0.39 is 6.10 Å². The van der Waals surface area contributed by atoms with Gasteiger partial charge in [0.1, 0.15) is 5.82 Å². The van der Waals surface area contributed by atoms with Crippen LogP contribution >= 0.6 is 0 Å². The van der Waals surface area contributed by atoms with Crippen LogP contribution in [0, 0.1) is 12.7 Å². The van der Waals surface area contributed by atoms with Crippen LogP contribution in [0.4, 0.5) is 4.39 Å². The van der Waals surface area contributed by atoms with E-state index in [4.69, 9.17) is 4.84 Å². The Morgan fingerprint density at radius 2 is 2.16 bits per heavy atom. The van der Waals surface area contributed by atoms with E-state index in [9.17, 15) is 9.18 Å². The molecule has 1 aliphatic rings. The van der Waals surface area contributed by atoms with Gasteiger partial charge in [-0.3, -0.25) is 9.48 Å². The Hall–Kier alpha value is -2.70. The summed E-state index contributed by atoms with van der Waals surface area (Å²) in [4.78, 5) is 17.7. The Kier molecular flexibility index (Phi) is 4.83. The van der Waals surface area contributed by atoms with Crippen molar-refractivity contribution in [2.45, 2.75) is 45.9 Å². The smallest absolute Gasteiger partial charge is 0.264 e. The quantitative estimate of drug-likeness (QED) is 0.907. The minimum atomic E-state index is -0.677. The van der Waals surface area contributed by atoms with Crippen molar-refractivity contribution in [2.75, 3.05) is 0 Å². The van der Waals surface area contributed by atoms with Crippen LogP contribution in [0.1, 0.15) is 43.1 Å². The van der Waals surface area contributed by atoms with Crippen LogP contribution in [0.3, 0.4) is 0 Å². The third-order valence-electron chi connectivity index (χ3n) is 4.27. The van der Waals surface area contributed by atoms with Crippen molar-refractivity contribution in [3.8, 4) is 0 Å². The topological polar surface area (TPSA) is 68.5 Å². The van der Waals surface area contributed by atoms with Crippen LogP contribution in [0.2, 0.25) is 0 Å². The first-order chi connectivity index (χ1) is 12.0. The number of carbonyl (C=O) groups excluding carboxylic acids is 1. The molecule has 1 aromatic heterocycles. The summed E-state index contributed by atoms with van der Waals surface area (Å²) in [6.07, 6.45) is 1.62. The van der Waals surface area contributed by atoms with Crippen molar-refractivity contribution in [1.29, 1.82) is 0 Å². The van der Waals surface area contributed by atoms with E-state index in [1.807, 2.05) is 31.6 Å². The first-order valence-corrected chi connectivity index (χ1v) is 8.31. The van der Waals surface area contributed by atoms with Gasteiger partial charge in [0.2, 0.25) is 6.10 Å². The molecule has 0 saturated heterocycles. The Morgan fingerprint density at radius 1 is 1.44 bits per heavy atom. The molecule has 2 unspecified atom stereocenters. The van der Waals surface area contributed by atoms with Gasteiger partial charge in [0.05, 0.1) is 17.4 Å². The number of carbonyl (C=O) groups is 1. The zero-order chi connectivity index (χ0) is 18.0. The summed E-state index contributed by atoms with van der Waals surface area (Å²) >= 11 is 0. The highest BCUT2D eigenvalue weighted by Gasteiger charge is 2.30. The molecule has 7 heteroatoms. The monoisotopic (exact) mass is 344 g/mol. The van der Waals surface area contributed by atoms with Crippen molar-refractivity contribution in [2.24, 2.45) is 5.16 Å². The maximum absolute atomic E-state index is 13.0. The molecule has 132 valence electrons. The zero-order valence-corrected chi connectivity index (χ0v) is 14.5. The number of amides is 1. The predicted molar refractivity (Wildman–Crippen MR) is 91.6 cm³/mol. The largest absolute Gasteiger partial charge is 0.382 e. The lowest BCUT2D eigenvalue weighted by atomic mass is 10.0. The molecule has 0 fully saturated rings. The van der Waals surface area contributed by atoms with Gasteiger partial charge >= 0.3 is 0 Å². The number of benzene rings is 1. The summed E-state index contributed by atoms with van der Waals surface area (Å²) in [7, 11) is 0. The predicted octanol–water partition coefficient (Wildman–Crippen LogP) is 2.72. The summed E-state index contributed by atoms with van der Waals surface area (Å²) < 4.78 is 14.8. The van der Waals surface area contributed by atoms with Crippen LogP contribution in [0.25, 0.3) is 0 Å². The third-order valence-corrected chi connectivity index (χ3v) is 4.27. The van der Waals surface area contributed by atoms with Crippen LogP contribution in [-0.4, -0.2) is 27.5 Å². The molecule has 0 aliphatic carbocycles. The molecule has 0 bridgehead atoms. The minimum absolute atomic E-state index is 0.175. The molecule has 2 aromatic rings. The first-order valence-electron chi connectivity index (χ1n) is 8.31. The average molecular weight is 344 g/mol. The van der Waals surface area contributed by atoms with Gasteiger partial charge in [0.25, 0.3) is 5.91 Å². The molecule has 6 nitrogen and oxygen atoms in total. The third kappa shape index (κ3) is 3.70. The van der Waals surface area contributed by atoms with Crippen LogP contribution in [-0.2, 0) is 16.2 Å². The molecule has 0 radical (unpaired) electrons. The zero-order valence-electron chi connectivity index (χ0n) is 14.5. The van der Waals surface area contributed by atoms with Crippen molar-refractivity contribution in [3.05, 3.63) is 53.1 Å². The number of aromatic nitrogens is 2. The van der Waals surface area contributed by atoms with Gasteiger partial charge in [-0.2, -0.15) is 5.10 Å². The fourth-order valence-electron chi connectivity index (χ4n) is 2.84. The highest BCUT2D eigenvalue weighted by Crippen LogP contribution is 2.20. The Morgan fingerprint density at radius 3 is 2.80 bits per heavy atom. The van der Waals surface area contributed by atoms with Gasteiger partial charge in [0, 0.05) is 24.7 Å². The number of nitrogens with one attached hydrogen (secondary N) is 1. The normalized spacial score (nSPS) is 17.8. The fraction of sp³-hybridized carbons (Fsp3) is 0.389. The standard InChI is InChI=1S/C18H21FN4O2/c1-4-23-10-15(12(3)21-23)11(2)20-18(24)17-9-16(22-25-17)13-5-7-14(19)8-6-13/h5-8,10-11,17H,4,9H2,1-3H3,(H,20,24). The van der Waals surface area contributed by atoms with Gasteiger partial charge in [0.15, 0.2) is 0 Å². The molecule has 25 heavy (non-hydrogen) atoms. The molecule has 0 saturated carbocycles. The lowest BCUT2D eigenvalue weighted by Gasteiger charge is -2.15. The maximum Gasteiger partial charge on any atom is 0.264 e. The van der Waals surface area contributed by atoms with E-state index in [0.717, 1.165) is 23.4 Å². The number of hydrogen-bond acceptors (Lipinski definition) is 4. The van der Waals surface area contributed by atoms with E-state index in [1.165, 1.54) is 12.1 Å². The molecular weight excluding hydrogens is 323 g/mol. The number of aryl methyl sites for hydroxylation is 2. The lowest BCUT2D eigenvalue weighted by Crippen LogP contribution is -2.36. The maximum atomic E-state index is 13.0. The molecule has 1 N–H and O–H groups in total. The van der Waals surface area contributed by atoms with Crippen molar-refractivity contribution in [1.82, 2.24) is 15.1 Å². The highest BCUT2D eigenvalue weighted by molar-refractivity contribution is 6.04. The summed E-state index contributed by atoms with van der Waals surface area (Å²) in [5, 5.41) is 11.3. The van der Waals surface area contributed by atoms with Gasteiger partial charge < -0.3 is 10.2 Å². The summed E-state index contributed by atoms with van der Waals surface area (Å²) in [6, 6.07) is 5.81. The van der Waals surface area contributed by atoms with Crippen molar-refractivity contribution in [3.63, 3.8) is 0 Å². The van der Waals surface area contributed by atoms with E-state index in [2.05, 4.69) is 15.6 Å². The molecule has 1 aliphatic heterocycles. The van der Waals surface area contributed by atoms with E-state index in [-0.39, 0.29) is 17.8 Å². The second-order valence-corrected chi connectivity index (χ2v) is 6.10. The molecule has 0 spiro atoms. The number of hydrogen-bond donors (Lipinski definition) is 1. The Labute approximate surface area is 145 Å². The van der Waals surface area contributed by atoms with Gasteiger partial charge in [-0.1, -0.05) is 17.3 Å². The number of rotatable bonds is 5. The molecule has 1 aromatic carbocycles. The summed E-state index contributed by atoms with van der Waals surface area (Å²) in [5.41, 5.74) is 3.27. The SMILES string of the molecule is CCn1cc(C(C)NC(=O)C2CC(c3ccc(F)cc3)=NO2)c(C)n1. The number of oxime groups is 1. The first kappa shape index (κ1) is 17.1.